The first-order chi connectivity index (χ1) is 6.31. The van der Waals surface area contributed by atoms with Crippen molar-refractivity contribution in [1.29, 1.82) is 5.26 Å². The van der Waals surface area contributed by atoms with Crippen molar-refractivity contribution in [3.8, 4) is 18.9 Å². The highest BCUT2D eigenvalue weighted by molar-refractivity contribution is 5.15. The Balaban J connectivity index is -0.000000218. The SMILES string of the molecule is C#C.C/C=C(C)\C=C/CC#N.CC. The predicted molar refractivity (Wildman–Crippen MR) is 60.0 cm³/mol. The maximum Gasteiger partial charge on any atom is 0.0663 e. The molecule has 0 unspecified atom stereocenters. The van der Waals surface area contributed by atoms with Gasteiger partial charge in [-0.2, -0.15) is 5.26 Å². The van der Waals surface area contributed by atoms with Gasteiger partial charge in [-0.15, -0.1) is 12.8 Å². The Morgan fingerprint density at radius 1 is 1.38 bits per heavy atom. The number of rotatable bonds is 2. The number of nitriles is 1. The van der Waals surface area contributed by atoms with Gasteiger partial charge in [0.2, 0.25) is 0 Å². The van der Waals surface area contributed by atoms with Crippen LogP contribution >= 0.6 is 0 Å². The largest absolute Gasteiger partial charge is 0.198 e. The fourth-order valence-electron chi connectivity index (χ4n) is 0.394. The molecule has 0 radical (unpaired) electrons. The fourth-order valence-corrected chi connectivity index (χ4v) is 0.394. The molecule has 1 nitrogen and oxygen atoms in total. The van der Waals surface area contributed by atoms with Crippen LogP contribution in [0.15, 0.2) is 23.8 Å². The third-order valence-corrected chi connectivity index (χ3v) is 1.05. The van der Waals surface area contributed by atoms with Gasteiger partial charge in [0.05, 0.1) is 12.5 Å². The van der Waals surface area contributed by atoms with Gasteiger partial charge in [0.25, 0.3) is 0 Å². The first-order valence-corrected chi connectivity index (χ1v) is 4.31. The zero-order valence-corrected chi connectivity index (χ0v) is 9.04. The van der Waals surface area contributed by atoms with E-state index in [0.29, 0.717) is 6.42 Å². The maximum atomic E-state index is 8.13. The van der Waals surface area contributed by atoms with Gasteiger partial charge in [-0.3, -0.25) is 0 Å². The highest BCUT2D eigenvalue weighted by atomic mass is 14.2. The van der Waals surface area contributed by atoms with E-state index in [1.54, 1.807) is 0 Å². The Labute approximate surface area is 82.8 Å². The van der Waals surface area contributed by atoms with E-state index in [9.17, 15) is 0 Å². The number of allylic oxidation sites excluding steroid dienone is 4. The summed E-state index contributed by atoms with van der Waals surface area (Å²) in [6.07, 6.45) is 14.3. The molecule has 0 aromatic heterocycles. The van der Waals surface area contributed by atoms with Crippen molar-refractivity contribution in [1.82, 2.24) is 0 Å². The van der Waals surface area contributed by atoms with Crippen molar-refractivity contribution in [2.45, 2.75) is 34.1 Å². The molecule has 0 aromatic rings. The second kappa shape index (κ2) is 22.4. The van der Waals surface area contributed by atoms with Crippen molar-refractivity contribution < 1.29 is 0 Å². The first-order valence-electron chi connectivity index (χ1n) is 4.31. The van der Waals surface area contributed by atoms with E-state index < -0.39 is 0 Å². The van der Waals surface area contributed by atoms with Crippen LogP contribution in [0, 0.1) is 24.2 Å². The summed E-state index contributed by atoms with van der Waals surface area (Å²) in [5.41, 5.74) is 1.20. The number of hydrogen-bond acceptors (Lipinski definition) is 1. The van der Waals surface area contributed by atoms with Gasteiger partial charge >= 0.3 is 0 Å². The van der Waals surface area contributed by atoms with E-state index in [-0.39, 0.29) is 0 Å². The van der Waals surface area contributed by atoms with Crippen LogP contribution in [-0.2, 0) is 0 Å². The standard InChI is InChI=1S/C8H11N.C2H6.C2H2/c1-3-8(2)6-4-5-7-9;2*1-2/h3-4,6H,5H2,1-2H3;1-2H3;1-2H/b6-4-,8-3-;;. The summed E-state index contributed by atoms with van der Waals surface area (Å²) in [6, 6.07) is 2.03. The van der Waals surface area contributed by atoms with Gasteiger partial charge in [-0.1, -0.05) is 37.6 Å². The van der Waals surface area contributed by atoms with E-state index >= 15 is 0 Å². The fraction of sp³-hybridized carbons (Fsp3) is 0.417. The summed E-state index contributed by atoms with van der Waals surface area (Å²) >= 11 is 0. The lowest BCUT2D eigenvalue weighted by Gasteiger charge is -1.83. The second-order valence-electron chi connectivity index (χ2n) is 1.80. The summed E-state index contributed by atoms with van der Waals surface area (Å²) in [4.78, 5) is 0. The molecular weight excluding hydrogens is 158 g/mol. The Kier molecular flexibility index (Phi) is 30.3. The van der Waals surface area contributed by atoms with Crippen LogP contribution in [0.2, 0.25) is 0 Å². The highest BCUT2D eigenvalue weighted by Gasteiger charge is 1.74. The minimum absolute atomic E-state index is 0.505. The van der Waals surface area contributed by atoms with Gasteiger partial charge in [0, 0.05) is 0 Å². The molecule has 0 fully saturated rings. The van der Waals surface area contributed by atoms with Gasteiger partial charge in [-0.05, 0) is 13.8 Å². The van der Waals surface area contributed by atoms with Crippen molar-refractivity contribution in [3.05, 3.63) is 23.8 Å². The average molecular weight is 177 g/mol. The average Bonchev–Trinajstić information content (AvgIpc) is 2.24. The molecule has 0 heterocycles. The lowest BCUT2D eigenvalue weighted by atomic mass is 10.2. The first kappa shape index (κ1) is 17.6. The molecule has 0 spiro atoms. The molecule has 0 aromatic carbocycles. The summed E-state index contributed by atoms with van der Waals surface area (Å²) in [5.74, 6) is 0. The number of nitrogens with zero attached hydrogens (tertiary/aromatic N) is 1. The molecule has 0 saturated heterocycles. The summed E-state index contributed by atoms with van der Waals surface area (Å²) in [6.45, 7) is 7.99. The van der Waals surface area contributed by atoms with Crippen molar-refractivity contribution >= 4 is 0 Å². The zero-order chi connectivity index (χ0) is 11.1. The van der Waals surface area contributed by atoms with Crippen LogP contribution in [-0.4, -0.2) is 0 Å². The monoisotopic (exact) mass is 177 g/mol. The van der Waals surface area contributed by atoms with Crippen molar-refractivity contribution in [2.75, 3.05) is 0 Å². The Morgan fingerprint density at radius 3 is 2.15 bits per heavy atom. The van der Waals surface area contributed by atoms with E-state index in [1.807, 2.05) is 52.0 Å². The lowest BCUT2D eigenvalue weighted by molar-refractivity contribution is 1.34. The van der Waals surface area contributed by atoms with E-state index in [4.69, 9.17) is 5.26 Å². The zero-order valence-electron chi connectivity index (χ0n) is 9.04. The molecule has 0 bridgehead atoms. The molecule has 1 heteroatoms. The van der Waals surface area contributed by atoms with E-state index in [1.165, 1.54) is 5.57 Å². The van der Waals surface area contributed by atoms with Gasteiger partial charge in [-0.25, -0.2) is 0 Å². The quantitative estimate of drug-likeness (QED) is 0.466. The molecule has 0 saturated carbocycles. The lowest BCUT2D eigenvalue weighted by Crippen LogP contribution is -1.64. The Hall–Kier alpha value is -1.47. The minimum atomic E-state index is 0.505. The number of hydrogen-bond donors (Lipinski definition) is 0. The second-order valence-corrected chi connectivity index (χ2v) is 1.80. The third kappa shape index (κ3) is 25.1. The van der Waals surface area contributed by atoms with Gasteiger partial charge in [0.15, 0.2) is 0 Å². The maximum absolute atomic E-state index is 8.13. The van der Waals surface area contributed by atoms with E-state index in [0.717, 1.165) is 0 Å². The van der Waals surface area contributed by atoms with E-state index in [2.05, 4.69) is 12.8 Å². The Bertz CT molecular complexity index is 189. The van der Waals surface area contributed by atoms with Gasteiger partial charge in [0.1, 0.15) is 0 Å². The highest BCUT2D eigenvalue weighted by Crippen LogP contribution is 1.93. The topological polar surface area (TPSA) is 23.8 Å². The van der Waals surface area contributed by atoms with Crippen LogP contribution in [0.3, 0.4) is 0 Å². The summed E-state index contributed by atoms with van der Waals surface area (Å²) in [5, 5.41) is 8.13. The van der Waals surface area contributed by atoms with Gasteiger partial charge < -0.3 is 0 Å². The predicted octanol–water partition coefficient (Wildman–Crippen LogP) is 3.70. The molecule has 13 heavy (non-hydrogen) atoms. The van der Waals surface area contributed by atoms with Crippen molar-refractivity contribution in [2.24, 2.45) is 0 Å². The van der Waals surface area contributed by atoms with Crippen molar-refractivity contribution in [3.63, 3.8) is 0 Å². The number of terminal acetylenes is 1. The molecule has 0 atom stereocenters. The molecule has 0 N–H and O–H groups in total. The van der Waals surface area contributed by atoms with Crippen LogP contribution in [0.5, 0.6) is 0 Å². The minimum Gasteiger partial charge on any atom is -0.198 e. The van der Waals surface area contributed by atoms with Crippen LogP contribution in [0.25, 0.3) is 0 Å². The molecule has 0 amide bonds. The van der Waals surface area contributed by atoms with Crippen LogP contribution in [0.4, 0.5) is 0 Å². The molecule has 0 rings (SSSR count). The normalized spacial score (nSPS) is 8.85. The molecule has 0 aliphatic rings. The summed E-state index contributed by atoms with van der Waals surface area (Å²) < 4.78 is 0. The molecule has 0 aliphatic heterocycles. The third-order valence-electron chi connectivity index (χ3n) is 1.05. The molecular formula is C12H19N. The van der Waals surface area contributed by atoms with Crippen LogP contribution < -0.4 is 0 Å². The summed E-state index contributed by atoms with van der Waals surface area (Å²) in [7, 11) is 0. The smallest absolute Gasteiger partial charge is 0.0663 e. The van der Waals surface area contributed by atoms with Crippen LogP contribution in [0.1, 0.15) is 34.1 Å². The Morgan fingerprint density at radius 2 is 1.85 bits per heavy atom. The molecule has 0 aliphatic carbocycles. The molecule has 72 valence electrons.